The largest absolute Gasteiger partial charge is 0.343 e. The van der Waals surface area contributed by atoms with Gasteiger partial charge >= 0.3 is 0 Å². The number of aryl methyl sites for hydroxylation is 1. The minimum atomic E-state index is -4.33. The van der Waals surface area contributed by atoms with Gasteiger partial charge in [-0.25, -0.2) is 17.2 Å². The van der Waals surface area contributed by atoms with Crippen LogP contribution in [0.3, 0.4) is 0 Å². The zero-order valence-corrected chi connectivity index (χ0v) is 19.3. The molecule has 1 aliphatic heterocycles. The molecule has 0 saturated carbocycles. The second kappa shape index (κ2) is 8.76. The summed E-state index contributed by atoms with van der Waals surface area (Å²) in [5.74, 6) is -2.42. The van der Waals surface area contributed by atoms with Crippen LogP contribution >= 0.6 is 11.3 Å². The highest BCUT2D eigenvalue weighted by molar-refractivity contribution is 7.89. The molecule has 1 saturated heterocycles. The number of carbonyl (C=O) groups is 1. The Hall–Kier alpha value is -2.56. The molecule has 0 bridgehead atoms. The van der Waals surface area contributed by atoms with Gasteiger partial charge in [0.1, 0.15) is 11.6 Å². The lowest BCUT2D eigenvalue weighted by atomic mass is 10.2. The van der Waals surface area contributed by atoms with E-state index in [1.165, 1.54) is 4.88 Å². The number of piperazine rings is 1. The topological polar surface area (TPSA) is 62.6 Å². The van der Waals surface area contributed by atoms with Gasteiger partial charge in [-0.05, 0) is 43.5 Å². The lowest BCUT2D eigenvalue weighted by molar-refractivity contribution is 0.0696. The molecule has 1 fully saturated rings. The normalized spacial score (nSPS) is 15.3. The van der Waals surface area contributed by atoms with Crippen molar-refractivity contribution in [1.82, 2.24) is 13.8 Å². The van der Waals surface area contributed by atoms with Gasteiger partial charge in [-0.3, -0.25) is 4.79 Å². The van der Waals surface area contributed by atoms with Gasteiger partial charge in [0.05, 0.1) is 12.1 Å². The average molecular weight is 480 g/mol. The lowest BCUT2D eigenvalue weighted by Gasteiger charge is -2.34. The number of amides is 1. The first kappa shape index (κ1) is 22.6. The number of hydrogen-bond donors (Lipinski definition) is 0. The smallest absolute Gasteiger partial charge is 0.255 e. The molecular weight excluding hydrogens is 456 g/mol. The van der Waals surface area contributed by atoms with E-state index in [0.29, 0.717) is 12.1 Å². The molecule has 0 radical (unpaired) electrons. The monoisotopic (exact) mass is 479 g/mol. The molecule has 3 heterocycles. The highest BCUT2D eigenvalue weighted by Gasteiger charge is 2.34. The van der Waals surface area contributed by atoms with Crippen LogP contribution in [-0.2, 0) is 16.6 Å². The number of aromatic nitrogens is 1. The van der Waals surface area contributed by atoms with Crippen LogP contribution in [-0.4, -0.2) is 54.3 Å². The average Bonchev–Trinajstić information content (AvgIpc) is 3.37. The first-order valence-corrected chi connectivity index (χ1v) is 12.4. The summed E-state index contributed by atoms with van der Waals surface area (Å²) in [6.07, 6.45) is 0. The van der Waals surface area contributed by atoms with Crippen molar-refractivity contribution in [3.63, 3.8) is 0 Å². The van der Waals surface area contributed by atoms with E-state index in [-0.39, 0.29) is 32.1 Å². The molecular formula is C22H23F2N3O3S2. The number of nitrogens with zero attached hydrogens (tertiary/aromatic N) is 3. The molecule has 170 valence electrons. The van der Waals surface area contributed by atoms with Crippen molar-refractivity contribution >= 4 is 27.3 Å². The van der Waals surface area contributed by atoms with E-state index in [1.54, 1.807) is 16.2 Å². The highest BCUT2D eigenvalue weighted by atomic mass is 32.2. The molecule has 0 unspecified atom stereocenters. The number of rotatable bonds is 5. The van der Waals surface area contributed by atoms with Gasteiger partial charge in [-0.1, -0.05) is 12.1 Å². The fourth-order valence-corrected chi connectivity index (χ4v) is 6.20. The van der Waals surface area contributed by atoms with Gasteiger partial charge < -0.3 is 9.47 Å². The van der Waals surface area contributed by atoms with Crippen LogP contribution < -0.4 is 0 Å². The predicted molar refractivity (Wildman–Crippen MR) is 118 cm³/mol. The minimum Gasteiger partial charge on any atom is -0.343 e. The van der Waals surface area contributed by atoms with Crippen molar-refractivity contribution in [2.45, 2.75) is 25.3 Å². The SMILES string of the molecule is Cc1cc(C(=O)N2CCN(S(=O)(=O)c3c(F)cccc3F)CC2)c(C)n1Cc1cccs1. The van der Waals surface area contributed by atoms with Gasteiger partial charge in [-0.2, -0.15) is 4.31 Å². The molecule has 32 heavy (non-hydrogen) atoms. The van der Waals surface area contributed by atoms with E-state index < -0.39 is 26.6 Å². The number of thiophene rings is 1. The molecule has 3 aromatic rings. The van der Waals surface area contributed by atoms with Crippen LogP contribution in [0.2, 0.25) is 0 Å². The van der Waals surface area contributed by atoms with Gasteiger partial charge in [0, 0.05) is 42.4 Å². The molecule has 10 heteroatoms. The van der Waals surface area contributed by atoms with Gasteiger partial charge in [-0.15, -0.1) is 11.3 Å². The summed E-state index contributed by atoms with van der Waals surface area (Å²) in [6.45, 7) is 4.75. The van der Waals surface area contributed by atoms with E-state index in [2.05, 4.69) is 4.57 Å². The van der Waals surface area contributed by atoms with Crippen LogP contribution in [0.4, 0.5) is 8.78 Å². The Kier molecular flexibility index (Phi) is 6.19. The summed E-state index contributed by atoms with van der Waals surface area (Å²) in [5.41, 5.74) is 2.40. The molecule has 1 aromatic carbocycles. The maximum absolute atomic E-state index is 14.0. The maximum Gasteiger partial charge on any atom is 0.255 e. The Morgan fingerprint density at radius 3 is 2.28 bits per heavy atom. The summed E-state index contributed by atoms with van der Waals surface area (Å²) >= 11 is 1.65. The summed E-state index contributed by atoms with van der Waals surface area (Å²) in [4.78, 5) is 15.0. The number of halogens is 2. The van der Waals surface area contributed by atoms with Crippen molar-refractivity contribution in [2.24, 2.45) is 0 Å². The Morgan fingerprint density at radius 1 is 1.03 bits per heavy atom. The number of carbonyl (C=O) groups excluding carboxylic acids is 1. The summed E-state index contributed by atoms with van der Waals surface area (Å²) in [7, 11) is -4.33. The summed E-state index contributed by atoms with van der Waals surface area (Å²) < 4.78 is 56.7. The third kappa shape index (κ3) is 4.10. The second-order valence-corrected chi connectivity index (χ2v) is 10.6. The van der Waals surface area contributed by atoms with Gasteiger partial charge in [0.2, 0.25) is 10.0 Å². The van der Waals surface area contributed by atoms with E-state index in [9.17, 15) is 22.0 Å². The van der Waals surface area contributed by atoms with Crippen molar-refractivity contribution in [3.8, 4) is 0 Å². The van der Waals surface area contributed by atoms with Crippen LogP contribution in [0.5, 0.6) is 0 Å². The highest BCUT2D eigenvalue weighted by Crippen LogP contribution is 2.25. The maximum atomic E-state index is 14.0. The molecule has 6 nitrogen and oxygen atoms in total. The Balaban J connectivity index is 1.49. The third-order valence-electron chi connectivity index (χ3n) is 5.74. The van der Waals surface area contributed by atoms with E-state index in [4.69, 9.17) is 0 Å². The fraction of sp³-hybridized carbons (Fsp3) is 0.318. The summed E-state index contributed by atoms with van der Waals surface area (Å²) in [5, 5.41) is 2.01. The summed E-state index contributed by atoms with van der Waals surface area (Å²) in [6, 6.07) is 8.84. The molecule has 0 spiro atoms. The van der Waals surface area contributed by atoms with Crippen molar-refractivity contribution in [2.75, 3.05) is 26.2 Å². The first-order valence-electron chi connectivity index (χ1n) is 10.1. The Labute approximate surface area is 189 Å². The molecule has 4 rings (SSSR count). The molecule has 0 N–H and O–H groups in total. The van der Waals surface area contributed by atoms with Gasteiger partial charge in [0.25, 0.3) is 5.91 Å². The number of hydrogen-bond acceptors (Lipinski definition) is 4. The Morgan fingerprint density at radius 2 is 1.69 bits per heavy atom. The van der Waals surface area contributed by atoms with Crippen molar-refractivity contribution in [3.05, 3.63) is 75.2 Å². The van der Waals surface area contributed by atoms with E-state index in [1.807, 2.05) is 37.4 Å². The fourth-order valence-electron chi connectivity index (χ4n) is 3.98. The quantitative estimate of drug-likeness (QED) is 0.561. The van der Waals surface area contributed by atoms with E-state index >= 15 is 0 Å². The van der Waals surface area contributed by atoms with Crippen molar-refractivity contribution in [1.29, 1.82) is 0 Å². The zero-order chi connectivity index (χ0) is 23.0. The Bertz CT molecular complexity index is 1230. The molecule has 2 aromatic heterocycles. The van der Waals surface area contributed by atoms with Crippen LogP contribution in [0.15, 0.2) is 46.7 Å². The molecule has 0 aliphatic carbocycles. The second-order valence-electron chi connectivity index (χ2n) is 7.70. The van der Waals surface area contributed by atoms with Crippen LogP contribution in [0.25, 0.3) is 0 Å². The first-order chi connectivity index (χ1) is 15.2. The van der Waals surface area contributed by atoms with Gasteiger partial charge in [0.15, 0.2) is 4.90 Å². The third-order valence-corrected chi connectivity index (χ3v) is 8.55. The number of sulfonamides is 1. The van der Waals surface area contributed by atoms with Crippen molar-refractivity contribution < 1.29 is 22.0 Å². The molecule has 1 amide bonds. The lowest BCUT2D eigenvalue weighted by Crippen LogP contribution is -2.50. The zero-order valence-electron chi connectivity index (χ0n) is 17.7. The van der Waals surface area contributed by atoms with Crippen LogP contribution in [0, 0.1) is 25.5 Å². The molecule has 0 atom stereocenters. The standard InChI is InChI=1S/C22H23F2N3O3S2/c1-15-13-18(16(2)27(15)14-17-5-4-12-31-17)22(28)25-8-10-26(11-9-25)32(29,30)21-19(23)6-3-7-20(21)24/h3-7,12-13H,8-11,14H2,1-2H3. The number of benzene rings is 1. The van der Waals surface area contributed by atoms with E-state index in [0.717, 1.165) is 33.9 Å². The minimum absolute atomic E-state index is 0.0320. The predicted octanol–water partition coefficient (Wildman–Crippen LogP) is 3.64. The van der Waals surface area contributed by atoms with Crippen LogP contribution in [0.1, 0.15) is 26.6 Å². The molecule has 1 aliphatic rings.